The van der Waals surface area contributed by atoms with E-state index in [1.807, 2.05) is 6.92 Å². The Morgan fingerprint density at radius 3 is 1.72 bits per heavy atom. The molecule has 6 heteroatoms. The summed E-state index contributed by atoms with van der Waals surface area (Å²) in [6, 6.07) is 0. The van der Waals surface area contributed by atoms with E-state index in [1.54, 1.807) is 0 Å². The predicted molar refractivity (Wildman–Crippen MR) is 96.0 cm³/mol. The van der Waals surface area contributed by atoms with E-state index in [2.05, 4.69) is 20.8 Å². The van der Waals surface area contributed by atoms with E-state index in [0.29, 0.717) is 26.2 Å². The summed E-state index contributed by atoms with van der Waals surface area (Å²) in [5, 5.41) is 0. The average Bonchev–Trinajstić information content (AvgIpc) is 2.57. The summed E-state index contributed by atoms with van der Waals surface area (Å²) in [5.41, 5.74) is 0. The van der Waals surface area contributed by atoms with E-state index in [-0.39, 0.29) is 44.7 Å². The molecule has 0 saturated heterocycles. The zero-order valence-electron chi connectivity index (χ0n) is 16.9. The van der Waals surface area contributed by atoms with Gasteiger partial charge in [-0.25, -0.2) is 0 Å². The van der Waals surface area contributed by atoms with Crippen molar-refractivity contribution >= 4 is 5.78 Å². The van der Waals surface area contributed by atoms with Gasteiger partial charge < -0.3 is 18.9 Å². The van der Waals surface area contributed by atoms with Crippen LogP contribution in [0.1, 0.15) is 79.6 Å². The molecule has 0 fully saturated rings. The van der Waals surface area contributed by atoms with Crippen molar-refractivity contribution in [3.05, 3.63) is 0 Å². The molecule has 0 amide bonds. The Bertz CT molecular complexity index is 302. The van der Waals surface area contributed by atoms with E-state index in [1.165, 1.54) is 6.92 Å². The Hall–Kier alpha value is 0.393. The van der Waals surface area contributed by atoms with Crippen LogP contribution in [0.25, 0.3) is 0 Å². The molecule has 0 bridgehead atoms. The first kappa shape index (κ1) is 27.6. The van der Waals surface area contributed by atoms with Crippen LogP contribution in [0, 0.1) is 0 Å². The summed E-state index contributed by atoms with van der Waals surface area (Å²) < 4.78 is 23.9. The fraction of sp³-hybridized carbons (Fsp3) is 0.947. The minimum Gasteiger partial charge on any atom is -0.370 e. The molecule has 0 aromatic rings. The van der Waals surface area contributed by atoms with Crippen LogP contribution >= 0.6 is 0 Å². The number of rotatable bonds is 17. The van der Waals surface area contributed by atoms with Crippen molar-refractivity contribution in [3.8, 4) is 0 Å². The van der Waals surface area contributed by atoms with Gasteiger partial charge in [0.25, 0.3) is 0 Å². The third kappa shape index (κ3) is 12.4. The van der Waals surface area contributed by atoms with Crippen LogP contribution in [0.4, 0.5) is 0 Å². The maximum atomic E-state index is 11.4. The number of ether oxygens (including phenoxy) is 4. The van der Waals surface area contributed by atoms with Crippen LogP contribution in [0.3, 0.4) is 0 Å². The van der Waals surface area contributed by atoms with E-state index in [9.17, 15) is 4.79 Å². The molecular formula is C19H38O5Zr. The summed E-state index contributed by atoms with van der Waals surface area (Å²) in [6.45, 7) is 11.5. The third-order valence-electron chi connectivity index (χ3n) is 3.66. The number of hydrogen-bond donors (Lipinski definition) is 0. The Morgan fingerprint density at radius 1 is 0.840 bits per heavy atom. The number of carbonyl (C=O) groups is 1. The van der Waals surface area contributed by atoms with Crippen molar-refractivity contribution in [2.45, 2.75) is 91.6 Å². The zero-order chi connectivity index (χ0) is 18.3. The third-order valence-corrected chi connectivity index (χ3v) is 3.66. The van der Waals surface area contributed by atoms with Gasteiger partial charge in [-0.3, -0.25) is 4.79 Å². The number of carbonyl (C=O) groups excluding carboxylic acids is 1. The molecule has 0 aromatic carbocycles. The number of hydrogen-bond acceptors (Lipinski definition) is 5. The summed E-state index contributed by atoms with van der Waals surface area (Å²) in [4.78, 5) is 11.4. The van der Waals surface area contributed by atoms with E-state index in [0.717, 1.165) is 38.5 Å². The molecule has 1 atom stereocenters. The largest absolute Gasteiger partial charge is 0.370 e. The molecule has 0 rings (SSSR count). The number of Topliss-reactive ketones (excluding diaryl/α,β-unsaturated/α-hetero) is 1. The standard InChI is InChI=1S/C19H38O5.Zr/c1-6-10-13-21-18(9-4)19(22-14-11-7-2,23-15-12-8-3)24-16-17(5)20;/h18H,6-16H2,1-5H3;. The van der Waals surface area contributed by atoms with Crippen LogP contribution in [0.15, 0.2) is 0 Å². The summed E-state index contributed by atoms with van der Waals surface area (Å²) in [7, 11) is 0. The van der Waals surface area contributed by atoms with Gasteiger partial charge in [-0.1, -0.05) is 47.0 Å². The molecule has 0 radical (unpaired) electrons. The van der Waals surface area contributed by atoms with E-state index in [4.69, 9.17) is 18.9 Å². The molecule has 25 heavy (non-hydrogen) atoms. The molecule has 148 valence electrons. The van der Waals surface area contributed by atoms with Gasteiger partial charge in [0.05, 0.1) is 13.2 Å². The summed E-state index contributed by atoms with van der Waals surface area (Å²) >= 11 is 0. The molecule has 1 unspecified atom stereocenters. The Kier molecular flexibility index (Phi) is 19.6. The van der Waals surface area contributed by atoms with Crippen molar-refractivity contribution in [1.29, 1.82) is 0 Å². The van der Waals surface area contributed by atoms with Gasteiger partial charge in [-0.2, -0.15) is 0 Å². The van der Waals surface area contributed by atoms with Crippen molar-refractivity contribution in [3.63, 3.8) is 0 Å². The van der Waals surface area contributed by atoms with Crippen LogP contribution in [-0.4, -0.2) is 44.3 Å². The normalized spacial score (nSPS) is 12.7. The fourth-order valence-corrected chi connectivity index (χ4v) is 2.16. The fourth-order valence-electron chi connectivity index (χ4n) is 2.16. The van der Waals surface area contributed by atoms with Crippen molar-refractivity contribution in [2.75, 3.05) is 26.4 Å². The smallest absolute Gasteiger partial charge is 0.311 e. The molecule has 0 aliphatic heterocycles. The first-order valence-corrected chi connectivity index (χ1v) is 9.59. The van der Waals surface area contributed by atoms with Crippen LogP contribution in [0.5, 0.6) is 0 Å². The van der Waals surface area contributed by atoms with E-state index < -0.39 is 5.97 Å². The molecular weight excluding hydrogens is 399 g/mol. The van der Waals surface area contributed by atoms with Crippen molar-refractivity contribution < 1.29 is 49.9 Å². The van der Waals surface area contributed by atoms with Crippen LogP contribution < -0.4 is 0 Å². The van der Waals surface area contributed by atoms with Gasteiger partial charge in [0.1, 0.15) is 12.7 Å². The maximum Gasteiger partial charge on any atom is 0.311 e. The van der Waals surface area contributed by atoms with Gasteiger partial charge in [0, 0.05) is 32.8 Å². The molecule has 0 aliphatic rings. The van der Waals surface area contributed by atoms with Gasteiger partial charge in [-0.05, 0) is 32.6 Å². The molecule has 0 heterocycles. The first-order valence-electron chi connectivity index (χ1n) is 9.59. The minimum absolute atomic E-state index is 0. The second kappa shape index (κ2) is 17.8. The molecule has 5 nitrogen and oxygen atoms in total. The number of unbranched alkanes of at least 4 members (excludes halogenated alkanes) is 3. The second-order valence-corrected chi connectivity index (χ2v) is 6.12. The zero-order valence-corrected chi connectivity index (χ0v) is 19.4. The topological polar surface area (TPSA) is 54.0 Å². The Morgan fingerprint density at radius 2 is 1.32 bits per heavy atom. The SMILES string of the molecule is CCCCOC(CC)C(OCCCC)(OCCCC)OCC(C)=O.[Zr]. The van der Waals surface area contributed by atoms with E-state index >= 15 is 0 Å². The monoisotopic (exact) mass is 436 g/mol. The Labute approximate surface area is 173 Å². The maximum absolute atomic E-state index is 11.4. The summed E-state index contributed by atoms with van der Waals surface area (Å²) in [6.07, 6.45) is 6.24. The van der Waals surface area contributed by atoms with Crippen LogP contribution in [0.2, 0.25) is 0 Å². The molecule has 0 saturated carbocycles. The quantitative estimate of drug-likeness (QED) is 0.248. The summed E-state index contributed by atoms with van der Waals surface area (Å²) in [5.74, 6) is -1.35. The molecule has 0 spiro atoms. The molecule has 0 aliphatic carbocycles. The van der Waals surface area contributed by atoms with Gasteiger partial charge in [-0.15, -0.1) is 0 Å². The number of ketones is 1. The predicted octanol–water partition coefficient (Wildman–Crippen LogP) is 4.47. The van der Waals surface area contributed by atoms with Crippen molar-refractivity contribution in [1.82, 2.24) is 0 Å². The van der Waals surface area contributed by atoms with Gasteiger partial charge >= 0.3 is 5.97 Å². The first-order chi connectivity index (χ1) is 11.6. The second-order valence-electron chi connectivity index (χ2n) is 6.12. The van der Waals surface area contributed by atoms with Crippen molar-refractivity contribution in [2.24, 2.45) is 0 Å². The Balaban J connectivity index is 0. The van der Waals surface area contributed by atoms with Gasteiger partial charge in [0.15, 0.2) is 5.78 Å². The van der Waals surface area contributed by atoms with Crippen LogP contribution in [-0.2, 0) is 49.9 Å². The van der Waals surface area contributed by atoms with Gasteiger partial charge in [0.2, 0.25) is 0 Å². The molecule has 0 aromatic heterocycles. The minimum atomic E-state index is -1.29. The molecule has 0 N–H and O–H groups in total. The average molecular weight is 438 g/mol.